The van der Waals surface area contributed by atoms with E-state index in [9.17, 15) is 0 Å². The maximum atomic E-state index is 5.96. The topological polar surface area (TPSA) is 66.0 Å². The summed E-state index contributed by atoms with van der Waals surface area (Å²) in [4.78, 5) is 0. The van der Waals surface area contributed by atoms with Crippen molar-refractivity contribution >= 4 is 0 Å². The Hall–Kier alpha value is -0.940. The van der Waals surface area contributed by atoms with Gasteiger partial charge in [0.2, 0.25) is 0 Å². The standard InChI is InChI=1S/C9H14N4O/c10-7-5-14-4-6(7)9-12-11-8-2-1-3-13(8)9/h6-7H,1-5,10H2. The van der Waals surface area contributed by atoms with Gasteiger partial charge < -0.3 is 15.0 Å². The number of rotatable bonds is 1. The van der Waals surface area contributed by atoms with Crippen LogP contribution in [0.2, 0.25) is 0 Å². The molecule has 5 heteroatoms. The predicted octanol–water partition coefficient (Wildman–Crippen LogP) is -0.335. The molecule has 2 atom stereocenters. The molecule has 3 heterocycles. The number of hydrogen-bond acceptors (Lipinski definition) is 4. The summed E-state index contributed by atoms with van der Waals surface area (Å²) in [6.07, 6.45) is 2.23. The highest BCUT2D eigenvalue weighted by Gasteiger charge is 2.32. The highest BCUT2D eigenvalue weighted by molar-refractivity contribution is 5.09. The van der Waals surface area contributed by atoms with E-state index in [1.54, 1.807) is 0 Å². The molecule has 0 bridgehead atoms. The normalized spacial score (nSPS) is 30.9. The molecule has 14 heavy (non-hydrogen) atoms. The molecule has 1 saturated heterocycles. The largest absolute Gasteiger partial charge is 0.379 e. The van der Waals surface area contributed by atoms with Crippen molar-refractivity contribution in [2.45, 2.75) is 31.3 Å². The Labute approximate surface area is 82.3 Å². The van der Waals surface area contributed by atoms with Crippen LogP contribution in [0.3, 0.4) is 0 Å². The molecular formula is C9H14N4O. The van der Waals surface area contributed by atoms with Gasteiger partial charge >= 0.3 is 0 Å². The molecule has 2 N–H and O–H groups in total. The Kier molecular flexibility index (Phi) is 1.81. The minimum absolute atomic E-state index is 0.0869. The van der Waals surface area contributed by atoms with Crippen LogP contribution in [0.25, 0.3) is 0 Å². The zero-order valence-electron chi connectivity index (χ0n) is 8.02. The highest BCUT2D eigenvalue weighted by Crippen LogP contribution is 2.26. The first kappa shape index (κ1) is 8.38. The van der Waals surface area contributed by atoms with E-state index in [1.165, 1.54) is 6.42 Å². The fourth-order valence-electron chi connectivity index (χ4n) is 2.28. The number of nitrogens with zero attached hydrogens (tertiary/aromatic N) is 3. The molecule has 0 saturated carbocycles. The Morgan fingerprint density at radius 1 is 1.36 bits per heavy atom. The highest BCUT2D eigenvalue weighted by atomic mass is 16.5. The first-order chi connectivity index (χ1) is 6.86. The summed E-state index contributed by atoms with van der Waals surface area (Å²) in [7, 11) is 0. The van der Waals surface area contributed by atoms with E-state index in [4.69, 9.17) is 10.5 Å². The smallest absolute Gasteiger partial charge is 0.140 e. The van der Waals surface area contributed by atoms with Gasteiger partial charge in [0.1, 0.15) is 11.6 Å². The molecular weight excluding hydrogens is 180 g/mol. The van der Waals surface area contributed by atoms with Crippen molar-refractivity contribution in [1.29, 1.82) is 0 Å². The lowest BCUT2D eigenvalue weighted by Crippen LogP contribution is -2.28. The second-order valence-corrected chi connectivity index (χ2v) is 4.04. The van der Waals surface area contributed by atoms with Crippen LogP contribution in [0.15, 0.2) is 0 Å². The Morgan fingerprint density at radius 3 is 3.07 bits per heavy atom. The van der Waals surface area contributed by atoms with Gasteiger partial charge in [-0.2, -0.15) is 0 Å². The zero-order valence-corrected chi connectivity index (χ0v) is 8.02. The van der Waals surface area contributed by atoms with Crippen molar-refractivity contribution < 1.29 is 4.74 Å². The van der Waals surface area contributed by atoms with Crippen LogP contribution in [-0.2, 0) is 17.7 Å². The monoisotopic (exact) mass is 194 g/mol. The molecule has 5 nitrogen and oxygen atoms in total. The molecule has 0 aromatic carbocycles. The van der Waals surface area contributed by atoms with Crippen LogP contribution in [0.4, 0.5) is 0 Å². The summed E-state index contributed by atoms with van der Waals surface area (Å²) in [6.45, 7) is 2.38. The number of nitrogens with two attached hydrogens (primary N) is 1. The lowest BCUT2D eigenvalue weighted by molar-refractivity contribution is 0.190. The summed E-state index contributed by atoms with van der Waals surface area (Å²) in [6, 6.07) is 0.0869. The number of aryl methyl sites for hydroxylation is 1. The van der Waals surface area contributed by atoms with Gasteiger partial charge in [0.05, 0.1) is 19.1 Å². The van der Waals surface area contributed by atoms with Crippen molar-refractivity contribution in [1.82, 2.24) is 14.8 Å². The molecule has 1 aromatic heterocycles. The molecule has 0 radical (unpaired) electrons. The molecule has 0 aliphatic carbocycles. The summed E-state index contributed by atoms with van der Waals surface area (Å²) >= 11 is 0. The second-order valence-electron chi connectivity index (χ2n) is 4.04. The first-order valence-corrected chi connectivity index (χ1v) is 5.11. The Morgan fingerprint density at radius 2 is 2.29 bits per heavy atom. The van der Waals surface area contributed by atoms with E-state index in [1.807, 2.05) is 0 Å². The quantitative estimate of drug-likeness (QED) is 0.664. The van der Waals surface area contributed by atoms with Gasteiger partial charge in [-0.15, -0.1) is 10.2 Å². The van der Waals surface area contributed by atoms with Gasteiger partial charge in [-0.3, -0.25) is 0 Å². The van der Waals surface area contributed by atoms with Crippen molar-refractivity contribution in [2.75, 3.05) is 13.2 Å². The van der Waals surface area contributed by atoms with E-state index < -0.39 is 0 Å². The zero-order chi connectivity index (χ0) is 9.54. The summed E-state index contributed by atoms with van der Waals surface area (Å²) in [5, 5.41) is 8.40. The third kappa shape index (κ3) is 1.09. The maximum Gasteiger partial charge on any atom is 0.140 e. The molecule has 76 valence electrons. The third-order valence-electron chi connectivity index (χ3n) is 3.09. The van der Waals surface area contributed by atoms with Gasteiger partial charge in [0, 0.05) is 19.0 Å². The maximum absolute atomic E-state index is 5.96. The fourth-order valence-corrected chi connectivity index (χ4v) is 2.28. The minimum atomic E-state index is 0.0869. The van der Waals surface area contributed by atoms with Gasteiger partial charge in [-0.05, 0) is 6.42 Å². The first-order valence-electron chi connectivity index (χ1n) is 5.11. The van der Waals surface area contributed by atoms with E-state index in [0.717, 1.165) is 24.6 Å². The van der Waals surface area contributed by atoms with Gasteiger partial charge in [-0.1, -0.05) is 0 Å². The van der Waals surface area contributed by atoms with Crippen molar-refractivity contribution in [3.63, 3.8) is 0 Å². The lowest BCUT2D eigenvalue weighted by atomic mass is 10.0. The average Bonchev–Trinajstić information content (AvgIpc) is 2.78. The molecule has 3 rings (SSSR count). The lowest BCUT2D eigenvalue weighted by Gasteiger charge is -2.12. The Balaban J connectivity index is 1.96. The van der Waals surface area contributed by atoms with Gasteiger partial charge in [0.15, 0.2) is 0 Å². The second kappa shape index (κ2) is 3.03. The third-order valence-corrected chi connectivity index (χ3v) is 3.09. The van der Waals surface area contributed by atoms with Crippen LogP contribution < -0.4 is 5.73 Å². The van der Waals surface area contributed by atoms with Crippen molar-refractivity contribution in [3.8, 4) is 0 Å². The Bertz CT molecular complexity index is 349. The number of aromatic nitrogens is 3. The van der Waals surface area contributed by atoms with E-state index in [2.05, 4.69) is 14.8 Å². The fraction of sp³-hybridized carbons (Fsp3) is 0.778. The molecule has 2 unspecified atom stereocenters. The van der Waals surface area contributed by atoms with Crippen LogP contribution in [0.1, 0.15) is 24.0 Å². The van der Waals surface area contributed by atoms with Crippen LogP contribution in [-0.4, -0.2) is 34.0 Å². The summed E-state index contributed by atoms with van der Waals surface area (Å²) in [5.41, 5.74) is 5.96. The van der Waals surface area contributed by atoms with Crippen LogP contribution in [0, 0.1) is 0 Å². The SMILES string of the molecule is NC1COCC1c1nnc2n1CCC2. The number of hydrogen-bond donors (Lipinski definition) is 1. The van der Waals surface area contributed by atoms with Crippen molar-refractivity contribution in [3.05, 3.63) is 11.6 Å². The van der Waals surface area contributed by atoms with E-state index >= 15 is 0 Å². The van der Waals surface area contributed by atoms with Crippen LogP contribution in [0.5, 0.6) is 0 Å². The van der Waals surface area contributed by atoms with E-state index in [-0.39, 0.29) is 12.0 Å². The number of ether oxygens (including phenoxy) is 1. The molecule has 2 aliphatic heterocycles. The molecule has 1 fully saturated rings. The van der Waals surface area contributed by atoms with Gasteiger partial charge in [0.25, 0.3) is 0 Å². The van der Waals surface area contributed by atoms with Gasteiger partial charge in [-0.25, -0.2) is 0 Å². The average molecular weight is 194 g/mol. The molecule has 1 aromatic rings. The predicted molar refractivity (Wildman–Crippen MR) is 49.9 cm³/mol. The van der Waals surface area contributed by atoms with Crippen molar-refractivity contribution in [2.24, 2.45) is 5.73 Å². The van der Waals surface area contributed by atoms with E-state index in [0.29, 0.717) is 13.2 Å². The summed E-state index contributed by atoms with van der Waals surface area (Å²) in [5.74, 6) is 2.39. The minimum Gasteiger partial charge on any atom is -0.379 e. The molecule has 0 amide bonds. The molecule has 0 spiro atoms. The molecule has 2 aliphatic rings. The van der Waals surface area contributed by atoms with Crippen LogP contribution >= 0.6 is 0 Å². The number of fused-ring (bicyclic) bond motifs is 1. The summed E-state index contributed by atoms with van der Waals surface area (Å²) < 4.78 is 7.55.